The van der Waals surface area contributed by atoms with E-state index in [0.29, 0.717) is 25.0 Å². The van der Waals surface area contributed by atoms with Gasteiger partial charge in [0.2, 0.25) is 16.3 Å². The van der Waals surface area contributed by atoms with Crippen LogP contribution in [0.5, 0.6) is 0 Å². The van der Waals surface area contributed by atoms with Crippen LogP contribution in [-0.4, -0.2) is 62.4 Å². The molecule has 0 aromatic heterocycles. The van der Waals surface area contributed by atoms with Crippen molar-refractivity contribution >= 4 is 10.0 Å². The maximum atomic E-state index is 11.7. The Morgan fingerprint density at radius 1 is 1.21 bits per heavy atom. The molecule has 2 atom stereocenters. The maximum Gasteiger partial charge on any atom is 0.244 e. The molecule has 3 rings (SSSR count). The maximum absolute atomic E-state index is 11.7. The molecule has 0 spiro atoms. The molecule has 6 nitrogen and oxygen atoms in total. The number of nitrogens with zero attached hydrogens (tertiary/aromatic N) is 2. The molecule has 7 heteroatoms. The molecule has 0 radical (unpaired) electrons. The van der Waals surface area contributed by atoms with Gasteiger partial charge in [-0.25, -0.2) is 12.7 Å². The number of sulfonamides is 1. The minimum Gasteiger partial charge on any atom is -0.459 e. The second kappa shape index (κ2) is 9.96. The number of ether oxygens (including phenoxy) is 2. The zero-order valence-electron chi connectivity index (χ0n) is 17.8. The summed E-state index contributed by atoms with van der Waals surface area (Å²) in [4.78, 5) is 2.47. The van der Waals surface area contributed by atoms with Crippen LogP contribution in [0.3, 0.4) is 0 Å². The zero-order chi connectivity index (χ0) is 20.9. The van der Waals surface area contributed by atoms with Crippen LogP contribution < -0.4 is 0 Å². The van der Waals surface area contributed by atoms with Gasteiger partial charge in [0.1, 0.15) is 12.0 Å². The molecule has 162 valence electrons. The highest BCUT2D eigenvalue weighted by molar-refractivity contribution is 7.88. The first-order valence-corrected chi connectivity index (χ1v) is 12.4. The number of hydrogen-bond acceptors (Lipinski definition) is 5. The van der Waals surface area contributed by atoms with Gasteiger partial charge < -0.3 is 14.4 Å². The largest absolute Gasteiger partial charge is 0.459 e. The fraction of sp³-hybridized carbons (Fsp3) is 0.636. The number of benzene rings is 1. The van der Waals surface area contributed by atoms with Crippen LogP contribution in [0.25, 0.3) is 0 Å². The Hall–Kier alpha value is -1.57. The lowest BCUT2D eigenvalue weighted by atomic mass is 9.96. The van der Waals surface area contributed by atoms with Gasteiger partial charge >= 0.3 is 0 Å². The van der Waals surface area contributed by atoms with Crippen molar-refractivity contribution in [2.45, 2.75) is 51.9 Å². The molecule has 2 unspecified atom stereocenters. The minimum atomic E-state index is -3.06. The van der Waals surface area contributed by atoms with Crippen molar-refractivity contribution in [1.82, 2.24) is 9.21 Å². The number of rotatable bonds is 9. The fourth-order valence-corrected chi connectivity index (χ4v) is 5.04. The minimum absolute atomic E-state index is 0.241. The van der Waals surface area contributed by atoms with E-state index in [1.807, 2.05) is 18.2 Å². The molecule has 0 N–H and O–H groups in total. The molecule has 1 aromatic carbocycles. The summed E-state index contributed by atoms with van der Waals surface area (Å²) in [6, 6.07) is 10.6. The van der Waals surface area contributed by atoms with Crippen molar-refractivity contribution in [3.63, 3.8) is 0 Å². The quantitative estimate of drug-likeness (QED) is 0.612. The standard InChI is InChI=1S/C22H34N2O4S/c1-4-23(16-20-10-12-24(13-11-20)29(3,25)26)18(2)14-21-17-27-22(28-21)15-19-8-6-5-7-9-19/h5-9,17-18,20,22H,4,10-16H2,1-3H3. The van der Waals surface area contributed by atoms with Gasteiger partial charge in [0, 0.05) is 38.5 Å². The number of hydrogen-bond donors (Lipinski definition) is 0. The lowest BCUT2D eigenvalue weighted by molar-refractivity contribution is -0.0336. The van der Waals surface area contributed by atoms with E-state index in [-0.39, 0.29) is 6.29 Å². The van der Waals surface area contributed by atoms with Gasteiger partial charge in [-0.3, -0.25) is 0 Å². The third-order valence-electron chi connectivity index (χ3n) is 5.94. The van der Waals surface area contributed by atoms with Crippen LogP contribution in [0.2, 0.25) is 0 Å². The molecule has 2 heterocycles. The molecule has 0 bridgehead atoms. The lowest BCUT2D eigenvalue weighted by Gasteiger charge is -2.35. The van der Waals surface area contributed by atoms with Crippen LogP contribution in [-0.2, 0) is 25.9 Å². The molecule has 1 aromatic rings. The topological polar surface area (TPSA) is 59.1 Å². The summed E-state index contributed by atoms with van der Waals surface area (Å²) in [5.41, 5.74) is 1.20. The summed E-state index contributed by atoms with van der Waals surface area (Å²) in [7, 11) is -3.06. The Labute approximate surface area is 175 Å². The van der Waals surface area contributed by atoms with Crippen molar-refractivity contribution in [1.29, 1.82) is 0 Å². The normalized spacial score (nSPS) is 22.2. The third kappa shape index (κ3) is 6.46. The van der Waals surface area contributed by atoms with Crippen LogP contribution in [0.4, 0.5) is 0 Å². The summed E-state index contributed by atoms with van der Waals surface area (Å²) >= 11 is 0. The van der Waals surface area contributed by atoms with E-state index < -0.39 is 10.0 Å². The van der Waals surface area contributed by atoms with E-state index in [1.54, 1.807) is 10.6 Å². The summed E-state index contributed by atoms with van der Waals surface area (Å²) in [6.45, 7) is 7.65. The fourth-order valence-electron chi connectivity index (χ4n) is 4.16. The Kier molecular flexibility index (Phi) is 7.60. The zero-order valence-corrected chi connectivity index (χ0v) is 18.6. The van der Waals surface area contributed by atoms with Gasteiger partial charge in [-0.1, -0.05) is 37.3 Å². The monoisotopic (exact) mass is 422 g/mol. The van der Waals surface area contributed by atoms with Crippen LogP contribution in [0, 0.1) is 5.92 Å². The predicted molar refractivity (Wildman–Crippen MR) is 115 cm³/mol. The van der Waals surface area contributed by atoms with Gasteiger partial charge in [-0.15, -0.1) is 0 Å². The highest BCUT2D eigenvalue weighted by Gasteiger charge is 2.28. The SMILES string of the molecule is CCN(CC1CCN(S(C)(=O)=O)CC1)C(C)CC1=COC(Cc2ccccc2)O1. The van der Waals surface area contributed by atoms with Crippen molar-refractivity contribution in [3.05, 3.63) is 47.9 Å². The van der Waals surface area contributed by atoms with Crippen LogP contribution in [0.1, 0.15) is 38.7 Å². The highest BCUT2D eigenvalue weighted by atomic mass is 32.2. The molecule has 0 saturated carbocycles. The Bertz CT molecular complexity index is 773. The first-order valence-electron chi connectivity index (χ1n) is 10.6. The Morgan fingerprint density at radius 2 is 1.90 bits per heavy atom. The average Bonchev–Trinajstić information content (AvgIpc) is 3.13. The van der Waals surface area contributed by atoms with Crippen molar-refractivity contribution in [2.24, 2.45) is 5.92 Å². The molecule has 0 aliphatic carbocycles. The van der Waals surface area contributed by atoms with E-state index in [0.717, 1.165) is 44.5 Å². The van der Waals surface area contributed by atoms with E-state index in [4.69, 9.17) is 9.47 Å². The molecular weight excluding hydrogens is 388 g/mol. The molecule has 0 amide bonds. The Morgan fingerprint density at radius 3 is 2.52 bits per heavy atom. The smallest absolute Gasteiger partial charge is 0.244 e. The second-order valence-electron chi connectivity index (χ2n) is 8.20. The summed E-state index contributed by atoms with van der Waals surface area (Å²) in [6.07, 6.45) is 6.25. The van der Waals surface area contributed by atoms with Crippen molar-refractivity contribution in [2.75, 3.05) is 32.4 Å². The van der Waals surface area contributed by atoms with Crippen molar-refractivity contribution < 1.29 is 17.9 Å². The molecular formula is C22H34N2O4S. The third-order valence-corrected chi connectivity index (χ3v) is 7.24. The van der Waals surface area contributed by atoms with Gasteiger partial charge in [0.05, 0.1) is 6.26 Å². The molecule has 2 aliphatic heterocycles. The van der Waals surface area contributed by atoms with E-state index >= 15 is 0 Å². The van der Waals surface area contributed by atoms with Crippen molar-refractivity contribution in [3.8, 4) is 0 Å². The Balaban J connectivity index is 1.44. The molecule has 1 fully saturated rings. The van der Waals surface area contributed by atoms with Gasteiger partial charge in [0.25, 0.3) is 0 Å². The number of piperidine rings is 1. The van der Waals surface area contributed by atoms with Gasteiger partial charge in [0.15, 0.2) is 0 Å². The molecule has 2 aliphatic rings. The van der Waals surface area contributed by atoms with Crippen LogP contribution >= 0.6 is 0 Å². The average molecular weight is 423 g/mol. The summed E-state index contributed by atoms with van der Waals surface area (Å²) in [5.74, 6) is 1.44. The molecule has 29 heavy (non-hydrogen) atoms. The highest BCUT2D eigenvalue weighted by Crippen LogP contribution is 2.25. The summed E-state index contributed by atoms with van der Waals surface area (Å²) < 4.78 is 36.7. The molecule has 1 saturated heterocycles. The summed E-state index contributed by atoms with van der Waals surface area (Å²) in [5, 5.41) is 0. The van der Waals surface area contributed by atoms with Gasteiger partial charge in [-0.05, 0) is 37.8 Å². The lowest BCUT2D eigenvalue weighted by Crippen LogP contribution is -2.43. The predicted octanol–water partition coefficient (Wildman–Crippen LogP) is 3.22. The first kappa shape index (κ1) is 22.1. The van der Waals surface area contributed by atoms with E-state index in [1.165, 1.54) is 11.8 Å². The van der Waals surface area contributed by atoms with E-state index in [9.17, 15) is 8.42 Å². The van der Waals surface area contributed by atoms with Crippen LogP contribution in [0.15, 0.2) is 42.4 Å². The van der Waals surface area contributed by atoms with E-state index in [2.05, 4.69) is 30.9 Å². The first-order chi connectivity index (χ1) is 13.8. The van der Waals surface area contributed by atoms with Gasteiger partial charge in [-0.2, -0.15) is 0 Å². The second-order valence-corrected chi connectivity index (χ2v) is 10.2.